The Morgan fingerprint density at radius 3 is 2.67 bits per heavy atom. The van der Waals surface area contributed by atoms with Gasteiger partial charge in [0.05, 0.1) is 0 Å². The van der Waals surface area contributed by atoms with Crippen LogP contribution >= 0.6 is 12.2 Å². The van der Waals surface area contributed by atoms with E-state index in [0.29, 0.717) is 40.0 Å². The van der Waals surface area contributed by atoms with E-state index in [1.54, 1.807) is 6.92 Å². The van der Waals surface area contributed by atoms with Crippen LogP contribution < -0.4 is 16.2 Å². The van der Waals surface area contributed by atoms with Crippen LogP contribution in [0.2, 0.25) is 0 Å². The Labute approximate surface area is 165 Å². The first-order valence-electron chi connectivity index (χ1n) is 9.36. The van der Waals surface area contributed by atoms with Gasteiger partial charge >= 0.3 is 0 Å². The third kappa shape index (κ3) is 4.47. The zero-order valence-electron chi connectivity index (χ0n) is 15.9. The Balaban J connectivity index is 1.61. The van der Waals surface area contributed by atoms with Crippen molar-refractivity contribution in [3.8, 4) is 11.3 Å². The highest BCUT2D eigenvalue weighted by Crippen LogP contribution is 2.29. The zero-order chi connectivity index (χ0) is 19.4. The van der Waals surface area contributed by atoms with Crippen molar-refractivity contribution in [1.29, 1.82) is 0 Å². The number of aromatic nitrogens is 1. The first-order valence-corrected chi connectivity index (χ1v) is 9.76. The molecule has 1 saturated carbocycles. The summed E-state index contributed by atoms with van der Waals surface area (Å²) in [7, 11) is 0. The first kappa shape index (κ1) is 19.4. The van der Waals surface area contributed by atoms with Gasteiger partial charge in [0, 0.05) is 11.6 Å². The highest BCUT2D eigenvalue weighted by molar-refractivity contribution is 7.80. The van der Waals surface area contributed by atoms with E-state index in [-0.39, 0.29) is 5.91 Å². The van der Waals surface area contributed by atoms with E-state index in [1.807, 2.05) is 30.3 Å². The number of benzene rings is 1. The molecule has 1 aromatic carbocycles. The largest absolute Gasteiger partial charge is 0.360 e. The van der Waals surface area contributed by atoms with Crippen LogP contribution in [0.1, 0.15) is 49.2 Å². The summed E-state index contributed by atoms with van der Waals surface area (Å²) in [6.07, 6.45) is 3.54. The van der Waals surface area contributed by atoms with Crippen molar-refractivity contribution in [2.45, 2.75) is 46.1 Å². The molecule has 1 aromatic heterocycles. The van der Waals surface area contributed by atoms with E-state index >= 15 is 0 Å². The van der Waals surface area contributed by atoms with Crippen molar-refractivity contribution in [2.24, 2.45) is 11.8 Å². The average molecular weight is 387 g/mol. The van der Waals surface area contributed by atoms with E-state index in [1.165, 1.54) is 12.8 Å². The van der Waals surface area contributed by atoms with Crippen LogP contribution in [0.5, 0.6) is 0 Å². The third-order valence-electron chi connectivity index (χ3n) is 5.45. The standard InChI is InChI=1S/C20H26N4O2S/c1-12-8-7-11-16(13(12)2)21-20(27)23-22-19(25)17-14(3)26-24-18(17)15-9-5-4-6-10-15/h4-6,9-10,12-13,16H,7-8,11H2,1-3H3,(H,22,25)(H2,21,23,27)/t12-,13+,16+/m1/s1. The van der Waals surface area contributed by atoms with Gasteiger partial charge in [0.2, 0.25) is 0 Å². The van der Waals surface area contributed by atoms with E-state index < -0.39 is 0 Å². The molecule has 1 aliphatic carbocycles. The predicted octanol–water partition coefficient (Wildman–Crippen LogP) is 3.58. The van der Waals surface area contributed by atoms with Gasteiger partial charge in [-0.15, -0.1) is 0 Å². The Hall–Kier alpha value is -2.41. The highest BCUT2D eigenvalue weighted by atomic mass is 32.1. The molecule has 0 spiro atoms. The van der Waals surface area contributed by atoms with Gasteiger partial charge in [0.15, 0.2) is 5.11 Å². The fraction of sp³-hybridized carbons (Fsp3) is 0.450. The smallest absolute Gasteiger partial charge is 0.275 e. The number of nitrogens with one attached hydrogen (secondary N) is 3. The molecular formula is C20H26N4O2S. The Morgan fingerprint density at radius 1 is 1.19 bits per heavy atom. The van der Waals surface area contributed by atoms with Crippen LogP contribution in [0.4, 0.5) is 0 Å². The normalized spacial score (nSPS) is 22.1. The van der Waals surface area contributed by atoms with E-state index in [2.05, 4.69) is 35.2 Å². The maximum absolute atomic E-state index is 12.7. The van der Waals surface area contributed by atoms with E-state index in [4.69, 9.17) is 16.7 Å². The maximum Gasteiger partial charge on any atom is 0.275 e. The molecular weight excluding hydrogens is 360 g/mol. The molecule has 1 fully saturated rings. The molecule has 6 nitrogen and oxygen atoms in total. The van der Waals surface area contributed by atoms with Crippen molar-refractivity contribution in [2.75, 3.05) is 0 Å². The lowest BCUT2D eigenvalue weighted by Gasteiger charge is -2.35. The van der Waals surface area contributed by atoms with E-state index in [9.17, 15) is 4.79 Å². The fourth-order valence-electron chi connectivity index (χ4n) is 3.60. The van der Waals surface area contributed by atoms with Gasteiger partial charge in [0.25, 0.3) is 5.91 Å². The van der Waals surface area contributed by atoms with Crippen molar-refractivity contribution < 1.29 is 9.32 Å². The number of thiocarbonyl (C=S) groups is 1. The van der Waals surface area contributed by atoms with Crippen LogP contribution in [0, 0.1) is 18.8 Å². The van der Waals surface area contributed by atoms with Gasteiger partial charge in [0.1, 0.15) is 17.0 Å². The SMILES string of the molecule is Cc1onc(-c2ccccc2)c1C(=O)NNC(=S)N[C@H]1CCC[C@@H](C)[C@@H]1C. The number of carbonyl (C=O) groups excluding carboxylic acids is 1. The zero-order valence-corrected chi connectivity index (χ0v) is 16.7. The first-order chi connectivity index (χ1) is 13.0. The summed E-state index contributed by atoms with van der Waals surface area (Å²) in [6.45, 7) is 6.24. The van der Waals surface area contributed by atoms with Gasteiger partial charge in [-0.05, 0) is 37.4 Å². The van der Waals surface area contributed by atoms with Gasteiger partial charge in [-0.25, -0.2) is 0 Å². The van der Waals surface area contributed by atoms with Gasteiger partial charge in [-0.3, -0.25) is 15.6 Å². The van der Waals surface area contributed by atoms with Gasteiger partial charge in [-0.1, -0.05) is 62.2 Å². The predicted molar refractivity (Wildman–Crippen MR) is 109 cm³/mol. The molecule has 3 N–H and O–H groups in total. The minimum absolute atomic E-state index is 0.322. The summed E-state index contributed by atoms with van der Waals surface area (Å²) in [4.78, 5) is 12.7. The van der Waals surface area contributed by atoms with Crippen molar-refractivity contribution in [3.63, 3.8) is 0 Å². The van der Waals surface area contributed by atoms with Crippen LogP contribution in [-0.2, 0) is 0 Å². The number of amides is 1. The number of nitrogens with zero attached hydrogens (tertiary/aromatic N) is 1. The Bertz CT molecular complexity index is 806. The highest BCUT2D eigenvalue weighted by Gasteiger charge is 2.27. The van der Waals surface area contributed by atoms with Crippen LogP contribution in [0.25, 0.3) is 11.3 Å². The molecule has 144 valence electrons. The summed E-state index contributed by atoms with van der Waals surface area (Å²) in [6, 6.07) is 9.80. The lowest BCUT2D eigenvalue weighted by Crippen LogP contribution is -2.52. The lowest BCUT2D eigenvalue weighted by molar-refractivity contribution is 0.0942. The van der Waals surface area contributed by atoms with Crippen molar-refractivity contribution >= 4 is 23.2 Å². The quantitative estimate of drug-likeness (QED) is 0.553. The number of carbonyl (C=O) groups is 1. The average Bonchev–Trinajstić information content (AvgIpc) is 3.06. The molecule has 0 radical (unpaired) electrons. The van der Waals surface area contributed by atoms with Crippen molar-refractivity contribution in [3.05, 3.63) is 41.7 Å². The molecule has 27 heavy (non-hydrogen) atoms. The van der Waals surface area contributed by atoms with Crippen LogP contribution in [0.3, 0.4) is 0 Å². The van der Waals surface area contributed by atoms with E-state index in [0.717, 1.165) is 12.0 Å². The van der Waals surface area contributed by atoms with Crippen LogP contribution in [-0.4, -0.2) is 22.2 Å². The molecule has 1 amide bonds. The van der Waals surface area contributed by atoms with Crippen molar-refractivity contribution in [1.82, 2.24) is 21.3 Å². The van der Waals surface area contributed by atoms with Crippen LogP contribution in [0.15, 0.2) is 34.9 Å². The molecule has 3 rings (SSSR count). The molecule has 1 heterocycles. The summed E-state index contributed by atoms with van der Waals surface area (Å²) in [5.41, 5.74) is 7.21. The molecule has 2 aromatic rings. The summed E-state index contributed by atoms with van der Waals surface area (Å²) in [5, 5.41) is 7.78. The number of hydrazine groups is 1. The molecule has 0 unspecified atom stereocenters. The second kappa shape index (κ2) is 8.52. The molecule has 7 heteroatoms. The second-order valence-corrected chi connectivity index (χ2v) is 7.66. The van der Waals surface area contributed by atoms with Gasteiger partial charge < -0.3 is 9.84 Å². The third-order valence-corrected chi connectivity index (χ3v) is 5.67. The van der Waals surface area contributed by atoms with Gasteiger partial charge in [-0.2, -0.15) is 0 Å². The topological polar surface area (TPSA) is 79.2 Å². The Kier molecular flexibility index (Phi) is 6.11. The number of hydrogen-bond acceptors (Lipinski definition) is 4. The Morgan fingerprint density at radius 2 is 1.93 bits per heavy atom. The molecule has 0 aliphatic heterocycles. The number of rotatable bonds is 3. The summed E-state index contributed by atoms with van der Waals surface area (Å²) >= 11 is 5.36. The summed E-state index contributed by atoms with van der Waals surface area (Å²) in [5.74, 6) is 1.34. The number of hydrogen-bond donors (Lipinski definition) is 3. The fourth-order valence-corrected chi connectivity index (χ4v) is 3.80. The molecule has 0 saturated heterocycles. The lowest BCUT2D eigenvalue weighted by atomic mass is 9.78. The second-order valence-electron chi connectivity index (χ2n) is 7.25. The number of aryl methyl sites for hydroxylation is 1. The maximum atomic E-state index is 12.7. The molecule has 0 bridgehead atoms. The minimum Gasteiger partial charge on any atom is -0.360 e. The molecule has 1 aliphatic rings. The summed E-state index contributed by atoms with van der Waals surface area (Å²) < 4.78 is 5.24. The molecule has 3 atom stereocenters. The minimum atomic E-state index is -0.332. The monoisotopic (exact) mass is 386 g/mol.